The zero-order valence-electron chi connectivity index (χ0n) is 18.7. The fourth-order valence-electron chi connectivity index (χ4n) is 8.59. The van der Waals surface area contributed by atoms with Crippen LogP contribution in [0.2, 0.25) is 0 Å². The van der Waals surface area contributed by atoms with Crippen LogP contribution in [0.5, 0.6) is 0 Å². The predicted octanol–water partition coefficient (Wildman–Crippen LogP) is 3.75. The van der Waals surface area contributed by atoms with E-state index in [9.17, 15) is 0 Å². The summed E-state index contributed by atoms with van der Waals surface area (Å²) in [5.41, 5.74) is 3.14. The van der Waals surface area contributed by atoms with Crippen LogP contribution in [0.25, 0.3) is 0 Å². The highest BCUT2D eigenvalue weighted by molar-refractivity contribution is 5.36. The van der Waals surface area contributed by atoms with Gasteiger partial charge in [-0.05, 0) is 106 Å². The van der Waals surface area contributed by atoms with E-state index in [0.717, 1.165) is 36.1 Å². The second kappa shape index (κ2) is 8.26. The molecule has 0 radical (unpaired) electrons. The van der Waals surface area contributed by atoms with Crippen molar-refractivity contribution in [3.63, 3.8) is 0 Å². The number of hydrogen-bond donors (Lipinski definition) is 3. The minimum absolute atomic E-state index is 0.510. The molecule has 0 aromatic carbocycles. The summed E-state index contributed by atoms with van der Waals surface area (Å²) in [5.74, 6) is 4.37. The molecule has 6 rings (SSSR count). The first-order chi connectivity index (χ1) is 14.8. The van der Waals surface area contributed by atoms with Crippen LogP contribution in [0.4, 0.5) is 0 Å². The maximum Gasteiger partial charge on any atom is 0.0571 e. The molecule has 4 nitrogen and oxygen atoms in total. The summed E-state index contributed by atoms with van der Waals surface area (Å²) in [6.07, 6.45) is 18.9. The van der Waals surface area contributed by atoms with E-state index in [1.807, 2.05) is 7.11 Å². The average molecular weight is 412 g/mol. The van der Waals surface area contributed by atoms with Crippen LogP contribution in [0.15, 0.2) is 23.4 Å². The normalized spacial score (nSPS) is 48.1. The van der Waals surface area contributed by atoms with Crippen LogP contribution in [0.1, 0.15) is 64.2 Å². The molecule has 7 atom stereocenters. The van der Waals surface area contributed by atoms with Gasteiger partial charge in [0.15, 0.2) is 0 Å². The first-order valence-corrected chi connectivity index (χ1v) is 13.0. The van der Waals surface area contributed by atoms with Gasteiger partial charge in [0.05, 0.1) is 12.1 Å². The molecule has 166 valence electrons. The molecule has 0 amide bonds. The van der Waals surface area contributed by atoms with Crippen molar-refractivity contribution in [1.82, 2.24) is 16.0 Å². The molecule has 4 heteroatoms. The lowest BCUT2D eigenvalue weighted by atomic mass is 9.54. The van der Waals surface area contributed by atoms with E-state index in [-0.39, 0.29) is 0 Å². The number of rotatable bonds is 2. The van der Waals surface area contributed by atoms with Crippen molar-refractivity contribution in [1.29, 1.82) is 0 Å². The van der Waals surface area contributed by atoms with Crippen molar-refractivity contribution in [3.05, 3.63) is 23.4 Å². The zero-order valence-corrected chi connectivity index (χ0v) is 18.7. The van der Waals surface area contributed by atoms with E-state index in [0.29, 0.717) is 24.2 Å². The van der Waals surface area contributed by atoms with Crippen LogP contribution in [0.3, 0.4) is 0 Å². The van der Waals surface area contributed by atoms with Crippen molar-refractivity contribution in [2.24, 2.45) is 29.6 Å². The average Bonchev–Trinajstić information content (AvgIpc) is 2.82. The minimum Gasteiger partial charge on any atom is -0.383 e. The van der Waals surface area contributed by atoms with Crippen LogP contribution >= 0.6 is 0 Å². The first kappa shape index (κ1) is 19.8. The van der Waals surface area contributed by atoms with Crippen molar-refractivity contribution in [2.75, 3.05) is 20.2 Å². The second-order valence-corrected chi connectivity index (χ2v) is 11.1. The molecule has 3 aliphatic heterocycles. The summed E-state index contributed by atoms with van der Waals surface area (Å²) in [4.78, 5) is 0. The van der Waals surface area contributed by atoms with Gasteiger partial charge in [-0.15, -0.1) is 0 Å². The van der Waals surface area contributed by atoms with E-state index in [1.165, 1.54) is 70.8 Å². The van der Waals surface area contributed by atoms with Gasteiger partial charge in [-0.3, -0.25) is 0 Å². The van der Waals surface area contributed by atoms with Crippen molar-refractivity contribution in [2.45, 2.75) is 88.4 Å². The van der Waals surface area contributed by atoms with Gasteiger partial charge in [0, 0.05) is 31.4 Å². The predicted molar refractivity (Wildman–Crippen MR) is 121 cm³/mol. The fourth-order valence-corrected chi connectivity index (χ4v) is 8.59. The van der Waals surface area contributed by atoms with E-state index in [4.69, 9.17) is 4.74 Å². The lowest BCUT2D eigenvalue weighted by Gasteiger charge is -2.59. The van der Waals surface area contributed by atoms with E-state index >= 15 is 0 Å². The summed E-state index contributed by atoms with van der Waals surface area (Å²) in [6.45, 7) is 2.23. The highest BCUT2D eigenvalue weighted by Crippen LogP contribution is 2.53. The molecule has 0 bridgehead atoms. The second-order valence-electron chi connectivity index (χ2n) is 11.1. The Bertz CT molecular complexity index is 694. The molecule has 30 heavy (non-hydrogen) atoms. The SMILES string of the molecule is COC1CCC(C2C3CCC4=C(NCC=C4)C3NC3C2CCC2CCCNC23)CC1. The summed E-state index contributed by atoms with van der Waals surface area (Å²) >= 11 is 0. The van der Waals surface area contributed by atoms with Gasteiger partial charge >= 0.3 is 0 Å². The molecule has 0 aromatic heterocycles. The Kier molecular flexibility index (Phi) is 5.45. The maximum atomic E-state index is 5.73. The summed E-state index contributed by atoms with van der Waals surface area (Å²) in [6, 6.07) is 1.91. The quantitative estimate of drug-likeness (QED) is 0.648. The molecule has 6 aliphatic rings. The third kappa shape index (κ3) is 3.29. The van der Waals surface area contributed by atoms with Crippen LogP contribution in [-0.2, 0) is 4.74 Å². The summed E-state index contributed by atoms with van der Waals surface area (Å²) < 4.78 is 5.73. The summed E-state index contributed by atoms with van der Waals surface area (Å²) in [7, 11) is 1.91. The molecule has 3 heterocycles. The monoisotopic (exact) mass is 411 g/mol. The molecule has 0 aromatic rings. The van der Waals surface area contributed by atoms with E-state index in [1.54, 1.807) is 11.3 Å². The molecule has 4 fully saturated rings. The molecular formula is C26H41N3O. The number of hydrogen-bond acceptors (Lipinski definition) is 4. The molecule has 2 saturated carbocycles. The van der Waals surface area contributed by atoms with E-state index in [2.05, 4.69) is 28.1 Å². The molecule has 0 spiro atoms. The molecule has 3 aliphatic carbocycles. The topological polar surface area (TPSA) is 45.3 Å². The molecule has 7 unspecified atom stereocenters. The zero-order chi connectivity index (χ0) is 20.1. The van der Waals surface area contributed by atoms with E-state index < -0.39 is 0 Å². The number of ether oxygens (including phenoxy) is 1. The van der Waals surface area contributed by atoms with Crippen LogP contribution in [0, 0.1) is 29.6 Å². The minimum atomic E-state index is 0.510. The van der Waals surface area contributed by atoms with Crippen LogP contribution in [-0.4, -0.2) is 44.4 Å². The van der Waals surface area contributed by atoms with Gasteiger partial charge in [-0.25, -0.2) is 0 Å². The number of allylic oxidation sites excluding steroid dienone is 2. The molecule has 2 saturated heterocycles. The number of piperidine rings is 2. The number of fused-ring (bicyclic) bond motifs is 5. The lowest BCUT2D eigenvalue weighted by Crippen LogP contribution is -2.70. The van der Waals surface area contributed by atoms with Crippen LogP contribution < -0.4 is 16.0 Å². The van der Waals surface area contributed by atoms with Crippen molar-refractivity contribution < 1.29 is 4.74 Å². The van der Waals surface area contributed by atoms with Crippen molar-refractivity contribution in [3.8, 4) is 0 Å². The Morgan fingerprint density at radius 2 is 1.77 bits per heavy atom. The number of nitrogens with one attached hydrogen (secondary N) is 3. The Labute approximate surface area is 182 Å². The standard InChI is InChI=1S/C26H41N3O/c1-30-19-10-6-16(7-11-19)22-20-12-8-17-4-2-14-27-23(17)25(20)29-26-21(22)13-9-18-5-3-15-28-24(18)26/h2,4,16,18-22,24-29H,3,5-15H2,1H3. The highest BCUT2D eigenvalue weighted by Gasteiger charge is 2.54. The van der Waals surface area contributed by atoms with Gasteiger partial charge in [-0.2, -0.15) is 0 Å². The van der Waals surface area contributed by atoms with Gasteiger partial charge in [0.1, 0.15) is 0 Å². The Morgan fingerprint density at radius 3 is 2.63 bits per heavy atom. The number of methoxy groups -OCH3 is 1. The van der Waals surface area contributed by atoms with Gasteiger partial charge in [0.2, 0.25) is 0 Å². The summed E-state index contributed by atoms with van der Waals surface area (Å²) in [5, 5.41) is 12.1. The third-order valence-electron chi connectivity index (χ3n) is 9.88. The molecular weight excluding hydrogens is 370 g/mol. The van der Waals surface area contributed by atoms with Gasteiger partial charge in [0.25, 0.3) is 0 Å². The van der Waals surface area contributed by atoms with Crippen molar-refractivity contribution >= 4 is 0 Å². The maximum absolute atomic E-state index is 5.73. The highest BCUT2D eigenvalue weighted by atomic mass is 16.5. The van der Waals surface area contributed by atoms with Gasteiger partial charge in [-0.1, -0.05) is 12.2 Å². The third-order valence-corrected chi connectivity index (χ3v) is 9.88. The fraction of sp³-hybridized carbons (Fsp3) is 0.846. The Balaban J connectivity index is 1.33. The Hall–Kier alpha value is -0.840. The number of dihydropyridines is 1. The molecule has 3 N–H and O–H groups in total. The first-order valence-electron chi connectivity index (χ1n) is 13.0. The largest absolute Gasteiger partial charge is 0.383 e. The lowest BCUT2D eigenvalue weighted by molar-refractivity contribution is -0.0433. The smallest absolute Gasteiger partial charge is 0.0571 e. The Morgan fingerprint density at radius 1 is 0.900 bits per heavy atom. The van der Waals surface area contributed by atoms with Gasteiger partial charge < -0.3 is 20.7 Å².